The van der Waals surface area contributed by atoms with Crippen LogP contribution >= 0.6 is 0 Å². The Labute approximate surface area is 77.4 Å². The molecule has 0 aromatic carbocycles. The molecule has 13 heavy (non-hydrogen) atoms. The zero-order valence-corrected chi connectivity index (χ0v) is 7.91. The molecule has 1 N–H and O–H groups in total. The zero-order valence-electron chi connectivity index (χ0n) is 7.91. The van der Waals surface area contributed by atoms with Crippen molar-refractivity contribution in [1.82, 2.24) is 14.7 Å². The van der Waals surface area contributed by atoms with Crippen LogP contribution in [0.25, 0.3) is 5.52 Å². The number of hydrogen-bond donors (Lipinski definition) is 1. The summed E-state index contributed by atoms with van der Waals surface area (Å²) in [6.45, 7) is 2.89. The number of pyridine rings is 1. The van der Waals surface area contributed by atoms with Crippen LogP contribution in [0.4, 0.5) is 0 Å². The van der Waals surface area contributed by atoms with E-state index in [-0.39, 0.29) is 0 Å². The molecule has 0 atom stereocenters. The third-order valence-electron chi connectivity index (χ3n) is 2.09. The number of imidazole rings is 1. The van der Waals surface area contributed by atoms with Crippen LogP contribution in [0.3, 0.4) is 0 Å². The lowest BCUT2D eigenvalue weighted by molar-refractivity contribution is 0.754. The highest BCUT2D eigenvalue weighted by atomic mass is 15.0. The minimum absolute atomic E-state index is 0.803. The van der Waals surface area contributed by atoms with Crippen LogP contribution in [0.15, 0.2) is 24.5 Å². The molecule has 3 nitrogen and oxygen atoms in total. The molecule has 0 spiro atoms. The van der Waals surface area contributed by atoms with Crippen molar-refractivity contribution in [1.29, 1.82) is 0 Å². The summed E-state index contributed by atoms with van der Waals surface area (Å²) in [5.74, 6) is 1.06. The fraction of sp³-hybridized carbons (Fsp3) is 0.300. The predicted octanol–water partition coefficient (Wildman–Crippen LogP) is 1.36. The highest BCUT2D eigenvalue weighted by Crippen LogP contribution is 2.08. The summed E-state index contributed by atoms with van der Waals surface area (Å²) >= 11 is 0. The third kappa shape index (κ3) is 1.42. The van der Waals surface area contributed by atoms with E-state index < -0.39 is 0 Å². The first kappa shape index (κ1) is 8.26. The number of nitrogens with one attached hydrogen (secondary N) is 1. The van der Waals surface area contributed by atoms with Crippen molar-refractivity contribution >= 4 is 5.52 Å². The van der Waals surface area contributed by atoms with Gasteiger partial charge in [0.2, 0.25) is 0 Å². The largest absolute Gasteiger partial charge is 0.313 e. The van der Waals surface area contributed by atoms with Gasteiger partial charge in [0.25, 0.3) is 0 Å². The topological polar surface area (TPSA) is 29.3 Å². The van der Waals surface area contributed by atoms with Crippen LogP contribution in [-0.2, 0) is 6.54 Å². The summed E-state index contributed by atoms with van der Waals surface area (Å²) < 4.78 is 2.12. The van der Waals surface area contributed by atoms with Gasteiger partial charge in [-0.25, -0.2) is 4.98 Å². The summed E-state index contributed by atoms with van der Waals surface area (Å²) in [4.78, 5) is 4.33. The molecule has 2 rings (SSSR count). The average molecular weight is 175 g/mol. The van der Waals surface area contributed by atoms with Crippen molar-refractivity contribution in [2.45, 2.75) is 13.5 Å². The second-order valence-corrected chi connectivity index (χ2v) is 3.21. The Balaban J connectivity index is 2.58. The molecule has 0 radical (unpaired) electrons. The lowest BCUT2D eigenvalue weighted by Crippen LogP contribution is -2.08. The molecule has 0 fully saturated rings. The SMILES string of the molecule is CNCc1ncc2ccc(C)cn12. The van der Waals surface area contributed by atoms with E-state index in [1.807, 2.05) is 13.2 Å². The minimum Gasteiger partial charge on any atom is -0.313 e. The van der Waals surface area contributed by atoms with E-state index in [9.17, 15) is 0 Å². The van der Waals surface area contributed by atoms with Crippen LogP contribution in [0, 0.1) is 6.92 Å². The van der Waals surface area contributed by atoms with Gasteiger partial charge in [-0.1, -0.05) is 6.07 Å². The van der Waals surface area contributed by atoms with Crippen LogP contribution in [0.1, 0.15) is 11.4 Å². The molecular weight excluding hydrogens is 162 g/mol. The van der Waals surface area contributed by atoms with Gasteiger partial charge in [0, 0.05) is 6.20 Å². The van der Waals surface area contributed by atoms with Gasteiger partial charge in [-0.3, -0.25) is 0 Å². The van der Waals surface area contributed by atoms with Crippen molar-refractivity contribution < 1.29 is 0 Å². The Morgan fingerprint density at radius 3 is 3.08 bits per heavy atom. The Bertz CT molecular complexity index is 417. The molecule has 0 amide bonds. The highest BCUT2D eigenvalue weighted by molar-refractivity contribution is 5.46. The van der Waals surface area contributed by atoms with Crippen molar-refractivity contribution in [2.75, 3.05) is 7.05 Å². The van der Waals surface area contributed by atoms with Crippen LogP contribution in [-0.4, -0.2) is 16.4 Å². The summed E-state index contributed by atoms with van der Waals surface area (Å²) in [7, 11) is 1.93. The molecule has 0 saturated heterocycles. The first-order valence-corrected chi connectivity index (χ1v) is 4.38. The summed E-state index contributed by atoms with van der Waals surface area (Å²) in [6.07, 6.45) is 4.00. The monoisotopic (exact) mass is 175 g/mol. The number of nitrogens with zero attached hydrogens (tertiary/aromatic N) is 2. The van der Waals surface area contributed by atoms with Crippen LogP contribution < -0.4 is 5.32 Å². The molecule has 0 saturated carbocycles. The molecule has 2 heterocycles. The van der Waals surface area contributed by atoms with E-state index in [2.05, 4.69) is 40.0 Å². The Morgan fingerprint density at radius 2 is 2.31 bits per heavy atom. The van der Waals surface area contributed by atoms with Gasteiger partial charge in [0.15, 0.2) is 0 Å². The predicted molar refractivity (Wildman–Crippen MR) is 52.7 cm³/mol. The standard InChI is InChI=1S/C10H13N3/c1-8-3-4-9-5-12-10(6-11-2)13(9)7-8/h3-5,7,11H,6H2,1-2H3. The molecule has 0 aliphatic rings. The molecule has 2 aromatic rings. The van der Waals surface area contributed by atoms with E-state index in [0.29, 0.717) is 0 Å². The van der Waals surface area contributed by atoms with Crippen LogP contribution in [0.2, 0.25) is 0 Å². The zero-order chi connectivity index (χ0) is 9.26. The van der Waals surface area contributed by atoms with Gasteiger partial charge in [0.05, 0.1) is 18.3 Å². The Kier molecular flexibility index (Phi) is 2.02. The maximum absolute atomic E-state index is 4.33. The maximum atomic E-state index is 4.33. The van der Waals surface area contributed by atoms with E-state index in [0.717, 1.165) is 17.9 Å². The first-order chi connectivity index (χ1) is 6.31. The quantitative estimate of drug-likeness (QED) is 0.746. The third-order valence-corrected chi connectivity index (χ3v) is 2.09. The normalized spacial score (nSPS) is 10.9. The molecule has 0 aliphatic heterocycles. The van der Waals surface area contributed by atoms with E-state index in [1.165, 1.54) is 5.56 Å². The second-order valence-electron chi connectivity index (χ2n) is 3.21. The van der Waals surface area contributed by atoms with Crippen molar-refractivity contribution in [2.24, 2.45) is 0 Å². The number of fused-ring (bicyclic) bond motifs is 1. The number of rotatable bonds is 2. The molecule has 3 heteroatoms. The maximum Gasteiger partial charge on any atom is 0.127 e. The molecular formula is C10H13N3. The fourth-order valence-electron chi connectivity index (χ4n) is 1.44. The van der Waals surface area contributed by atoms with Gasteiger partial charge >= 0.3 is 0 Å². The molecule has 68 valence electrons. The fourth-order valence-corrected chi connectivity index (χ4v) is 1.44. The van der Waals surface area contributed by atoms with Crippen LogP contribution in [0.5, 0.6) is 0 Å². The molecule has 2 aromatic heterocycles. The Hall–Kier alpha value is -1.35. The lowest BCUT2D eigenvalue weighted by Gasteiger charge is -2.00. The lowest BCUT2D eigenvalue weighted by atomic mass is 10.3. The second kappa shape index (κ2) is 3.18. The van der Waals surface area contributed by atoms with Crippen molar-refractivity contribution in [3.05, 3.63) is 35.9 Å². The smallest absolute Gasteiger partial charge is 0.127 e. The average Bonchev–Trinajstić information content (AvgIpc) is 2.49. The van der Waals surface area contributed by atoms with E-state index >= 15 is 0 Å². The summed E-state index contributed by atoms with van der Waals surface area (Å²) in [5.41, 5.74) is 2.40. The van der Waals surface area contributed by atoms with E-state index in [1.54, 1.807) is 0 Å². The summed E-state index contributed by atoms with van der Waals surface area (Å²) in [6, 6.07) is 4.18. The number of hydrogen-bond acceptors (Lipinski definition) is 2. The summed E-state index contributed by atoms with van der Waals surface area (Å²) in [5, 5.41) is 3.10. The first-order valence-electron chi connectivity index (χ1n) is 4.38. The Morgan fingerprint density at radius 1 is 1.46 bits per heavy atom. The number of aromatic nitrogens is 2. The molecule has 0 aliphatic carbocycles. The highest BCUT2D eigenvalue weighted by Gasteiger charge is 2.00. The van der Waals surface area contributed by atoms with Gasteiger partial charge < -0.3 is 9.72 Å². The van der Waals surface area contributed by atoms with Gasteiger partial charge in [-0.2, -0.15) is 0 Å². The van der Waals surface area contributed by atoms with Gasteiger partial charge in [-0.15, -0.1) is 0 Å². The molecule has 0 unspecified atom stereocenters. The van der Waals surface area contributed by atoms with Gasteiger partial charge in [0.1, 0.15) is 5.82 Å². The van der Waals surface area contributed by atoms with Gasteiger partial charge in [-0.05, 0) is 25.6 Å². The van der Waals surface area contributed by atoms with Crippen molar-refractivity contribution in [3.63, 3.8) is 0 Å². The molecule has 0 bridgehead atoms. The van der Waals surface area contributed by atoms with Crippen molar-refractivity contribution in [3.8, 4) is 0 Å². The number of aryl methyl sites for hydroxylation is 1. The minimum atomic E-state index is 0.803. The van der Waals surface area contributed by atoms with E-state index in [4.69, 9.17) is 0 Å².